The minimum Gasteiger partial charge on any atom is -0.342 e. The Morgan fingerprint density at radius 1 is 1.25 bits per heavy atom. The van der Waals surface area contributed by atoms with E-state index in [4.69, 9.17) is 23.2 Å². The summed E-state index contributed by atoms with van der Waals surface area (Å²) in [5.41, 5.74) is -0.553. The lowest BCUT2D eigenvalue weighted by molar-refractivity contribution is -0.137. The molecule has 2 fully saturated rings. The van der Waals surface area contributed by atoms with Crippen molar-refractivity contribution in [3.05, 3.63) is 0 Å². The molecule has 2 aliphatic rings. The quantitative estimate of drug-likeness (QED) is 0.700. The second kappa shape index (κ2) is 4.06. The highest BCUT2D eigenvalue weighted by atomic mass is 35.5. The third kappa shape index (κ3) is 1.95. The largest absolute Gasteiger partial charge is 0.342 e. The Balaban J connectivity index is 2.00. The van der Waals surface area contributed by atoms with Crippen LogP contribution in [0.15, 0.2) is 0 Å². The van der Waals surface area contributed by atoms with Crippen molar-refractivity contribution in [3.63, 3.8) is 0 Å². The number of carbonyl (C=O) groups excluding carboxylic acids is 1. The molecule has 0 aromatic rings. The van der Waals surface area contributed by atoms with Gasteiger partial charge in [-0.05, 0) is 26.2 Å². The molecule has 0 saturated heterocycles. The van der Waals surface area contributed by atoms with Gasteiger partial charge in [-0.3, -0.25) is 4.79 Å². The van der Waals surface area contributed by atoms with E-state index in [1.807, 2.05) is 18.9 Å². The number of hydrogen-bond acceptors (Lipinski definition) is 1. The van der Waals surface area contributed by atoms with E-state index in [9.17, 15) is 4.79 Å². The Labute approximate surface area is 107 Å². The van der Waals surface area contributed by atoms with Crippen molar-refractivity contribution in [2.45, 2.75) is 55.8 Å². The number of amides is 1. The summed E-state index contributed by atoms with van der Waals surface area (Å²) in [5, 5.41) is 0. The maximum atomic E-state index is 12.3. The van der Waals surface area contributed by atoms with Crippen LogP contribution in [-0.2, 0) is 4.79 Å². The molecule has 1 atom stereocenters. The molecule has 2 nitrogen and oxygen atoms in total. The van der Waals surface area contributed by atoms with Gasteiger partial charge in [0.05, 0.1) is 5.41 Å². The smallest absolute Gasteiger partial charge is 0.231 e. The van der Waals surface area contributed by atoms with E-state index >= 15 is 0 Å². The lowest BCUT2D eigenvalue weighted by Crippen LogP contribution is -2.43. The van der Waals surface area contributed by atoms with E-state index < -0.39 is 9.75 Å². The fourth-order valence-electron chi connectivity index (χ4n) is 2.66. The molecule has 4 heteroatoms. The van der Waals surface area contributed by atoms with Crippen LogP contribution in [0.3, 0.4) is 0 Å². The van der Waals surface area contributed by atoms with Gasteiger partial charge in [-0.2, -0.15) is 0 Å². The first kappa shape index (κ1) is 12.5. The third-order valence-electron chi connectivity index (χ3n) is 4.17. The fraction of sp³-hybridized carbons (Fsp3) is 0.917. The van der Waals surface area contributed by atoms with Crippen LogP contribution < -0.4 is 0 Å². The Hall–Kier alpha value is 0.0500. The average Bonchev–Trinajstić information content (AvgIpc) is 2.79. The summed E-state index contributed by atoms with van der Waals surface area (Å²) in [5.74, 6) is 0.115. The molecule has 0 aromatic carbocycles. The van der Waals surface area contributed by atoms with Crippen molar-refractivity contribution in [1.29, 1.82) is 0 Å². The lowest BCUT2D eigenvalue weighted by Gasteiger charge is -2.33. The van der Waals surface area contributed by atoms with Crippen LogP contribution in [0.1, 0.15) is 45.4 Å². The lowest BCUT2D eigenvalue weighted by atomic mass is 9.93. The van der Waals surface area contributed by atoms with Gasteiger partial charge in [0.1, 0.15) is 4.33 Å². The molecule has 92 valence electrons. The highest BCUT2D eigenvalue weighted by Crippen LogP contribution is 2.64. The summed E-state index contributed by atoms with van der Waals surface area (Å²) in [7, 11) is 1.89. The Morgan fingerprint density at radius 2 is 1.75 bits per heavy atom. The molecule has 0 aliphatic heterocycles. The highest BCUT2D eigenvalue weighted by molar-refractivity contribution is 6.53. The molecule has 2 saturated carbocycles. The van der Waals surface area contributed by atoms with Crippen LogP contribution in [-0.4, -0.2) is 28.2 Å². The zero-order valence-electron chi connectivity index (χ0n) is 9.93. The molecule has 0 N–H and O–H groups in total. The van der Waals surface area contributed by atoms with Gasteiger partial charge < -0.3 is 4.90 Å². The standard InChI is InChI=1S/C12H19Cl2NO/c1-11(8-12(11,13)14)10(16)15(2)9-6-4-3-5-7-9/h9H,3-8H2,1-2H3. The van der Waals surface area contributed by atoms with Gasteiger partial charge in [-0.1, -0.05) is 19.3 Å². The van der Waals surface area contributed by atoms with Crippen molar-refractivity contribution < 1.29 is 4.79 Å². The molecule has 0 radical (unpaired) electrons. The third-order valence-corrected chi connectivity index (χ3v) is 5.27. The summed E-state index contributed by atoms with van der Waals surface area (Å²) in [6.07, 6.45) is 6.58. The molecule has 0 aromatic heterocycles. The average molecular weight is 264 g/mol. The van der Waals surface area contributed by atoms with Crippen LogP contribution in [0.4, 0.5) is 0 Å². The van der Waals surface area contributed by atoms with Crippen LogP contribution in [0.25, 0.3) is 0 Å². The van der Waals surface area contributed by atoms with Crippen molar-refractivity contribution >= 4 is 29.1 Å². The van der Waals surface area contributed by atoms with E-state index in [0.29, 0.717) is 12.5 Å². The number of rotatable bonds is 2. The van der Waals surface area contributed by atoms with Gasteiger partial charge in [0.25, 0.3) is 0 Å². The maximum absolute atomic E-state index is 12.3. The Bertz CT molecular complexity index is 299. The summed E-state index contributed by atoms with van der Waals surface area (Å²) < 4.78 is -0.840. The van der Waals surface area contributed by atoms with E-state index in [0.717, 1.165) is 12.8 Å². The minimum atomic E-state index is -0.840. The van der Waals surface area contributed by atoms with Crippen LogP contribution in [0.5, 0.6) is 0 Å². The molecule has 16 heavy (non-hydrogen) atoms. The van der Waals surface area contributed by atoms with Crippen molar-refractivity contribution in [3.8, 4) is 0 Å². The van der Waals surface area contributed by atoms with E-state index in [1.54, 1.807) is 0 Å². The van der Waals surface area contributed by atoms with Gasteiger partial charge in [-0.15, -0.1) is 23.2 Å². The predicted octanol–water partition coefficient (Wildman–Crippen LogP) is 3.36. The van der Waals surface area contributed by atoms with E-state index in [2.05, 4.69) is 0 Å². The molecule has 0 spiro atoms. The molecule has 1 unspecified atom stereocenters. The van der Waals surface area contributed by atoms with Crippen LogP contribution in [0.2, 0.25) is 0 Å². The molecule has 2 aliphatic carbocycles. The Kier molecular flexibility index (Phi) is 3.17. The summed E-state index contributed by atoms with van der Waals surface area (Å²) in [6.45, 7) is 1.87. The van der Waals surface area contributed by atoms with Crippen molar-refractivity contribution in [2.24, 2.45) is 5.41 Å². The second-order valence-corrected chi connectivity index (χ2v) is 6.91. The molecular formula is C12H19Cl2NO. The zero-order valence-corrected chi connectivity index (χ0v) is 11.4. The predicted molar refractivity (Wildman–Crippen MR) is 66.8 cm³/mol. The SMILES string of the molecule is CN(C(=O)C1(C)CC1(Cl)Cl)C1CCCCC1. The summed E-state index contributed by atoms with van der Waals surface area (Å²) >= 11 is 12.1. The minimum absolute atomic E-state index is 0.115. The van der Waals surface area contributed by atoms with Gasteiger partial charge in [0.15, 0.2) is 0 Å². The number of nitrogens with zero attached hydrogens (tertiary/aromatic N) is 1. The van der Waals surface area contributed by atoms with Crippen molar-refractivity contribution in [2.75, 3.05) is 7.05 Å². The summed E-state index contributed by atoms with van der Waals surface area (Å²) in [4.78, 5) is 14.2. The maximum Gasteiger partial charge on any atom is 0.231 e. The first-order valence-corrected chi connectivity index (χ1v) is 6.79. The zero-order chi connectivity index (χ0) is 12.0. The van der Waals surface area contributed by atoms with Gasteiger partial charge in [0, 0.05) is 13.1 Å². The van der Waals surface area contributed by atoms with Gasteiger partial charge >= 0.3 is 0 Å². The van der Waals surface area contributed by atoms with Crippen LogP contribution in [0, 0.1) is 5.41 Å². The van der Waals surface area contributed by atoms with Crippen LogP contribution >= 0.6 is 23.2 Å². The first-order chi connectivity index (χ1) is 7.38. The van der Waals surface area contributed by atoms with Crippen molar-refractivity contribution in [1.82, 2.24) is 4.90 Å². The first-order valence-electron chi connectivity index (χ1n) is 6.03. The monoisotopic (exact) mass is 263 g/mol. The number of carbonyl (C=O) groups is 1. The van der Waals surface area contributed by atoms with Gasteiger partial charge in [-0.25, -0.2) is 0 Å². The molecule has 0 heterocycles. The highest BCUT2D eigenvalue weighted by Gasteiger charge is 2.68. The molecule has 0 bridgehead atoms. The number of alkyl halides is 2. The molecular weight excluding hydrogens is 245 g/mol. The summed E-state index contributed by atoms with van der Waals surface area (Å²) in [6, 6.07) is 0.391. The Morgan fingerprint density at radius 3 is 2.19 bits per heavy atom. The van der Waals surface area contributed by atoms with E-state index in [1.165, 1.54) is 19.3 Å². The molecule has 2 rings (SSSR count). The number of halogens is 2. The normalized spacial score (nSPS) is 33.5. The topological polar surface area (TPSA) is 20.3 Å². The fourth-order valence-corrected chi connectivity index (χ4v) is 3.35. The van der Waals surface area contributed by atoms with Gasteiger partial charge in [0.2, 0.25) is 5.91 Å². The molecule has 1 amide bonds. The second-order valence-electron chi connectivity index (χ2n) is 5.42. The number of hydrogen-bond donors (Lipinski definition) is 0. The van der Waals surface area contributed by atoms with E-state index in [-0.39, 0.29) is 5.91 Å².